The summed E-state index contributed by atoms with van der Waals surface area (Å²) in [6.45, 7) is 8.00. The Morgan fingerprint density at radius 3 is 2.29 bits per heavy atom. The van der Waals surface area contributed by atoms with E-state index < -0.39 is 0 Å². The first-order valence-corrected chi connectivity index (χ1v) is 7.55. The fourth-order valence-corrected chi connectivity index (χ4v) is 2.25. The molecule has 4 heteroatoms. The summed E-state index contributed by atoms with van der Waals surface area (Å²) < 4.78 is 0. The Bertz CT molecular complexity index is 794. The number of nitrogens with two attached hydrogens (primary N) is 1. The van der Waals surface area contributed by atoms with Crippen LogP contribution in [0.5, 0.6) is 0 Å². The number of benzene rings is 2. The summed E-state index contributed by atoms with van der Waals surface area (Å²) in [6.07, 6.45) is 0. The van der Waals surface area contributed by atoms with Gasteiger partial charge in [0.25, 0.3) is 0 Å². The van der Waals surface area contributed by atoms with Gasteiger partial charge in [0.1, 0.15) is 0 Å². The highest BCUT2D eigenvalue weighted by atomic mass is 35.5. The van der Waals surface area contributed by atoms with Gasteiger partial charge in [0.05, 0.1) is 21.6 Å². The van der Waals surface area contributed by atoms with E-state index in [4.69, 9.17) is 17.3 Å². The van der Waals surface area contributed by atoms with Crippen molar-refractivity contribution in [3.8, 4) is 0 Å². The summed E-state index contributed by atoms with van der Waals surface area (Å²) in [7, 11) is 0. The predicted molar refractivity (Wildman–Crippen MR) is 94.2 cm³/mol. The normalized spacial score (nSPS) is 9.57. The number of H-pyrrole nitrogens is 1. The first kappa shape index (κ1) is 17.1. The fourth-order valence-electron chi connectivity index (χ4n) is 2.01. The second-order valence-electron chi connectivity index (χ2n) is 3.89. The Morgan fingerprint density at radius 1 is 1.00 bits per heavy atom. The molecule has 21 heavy (non-hydrogen) atoms. The first-order valence-electron chi connectivity index (χ1n) is 7.17. The summed E-state index contributed by atoms with van der Waals surface area (Å²) in [6, 6.07) is 10.6. The van der Waals surface area contributed by atoms with Gasteiger partial charge in [-0.1, -0.05) is 51.4 Å². The van der Waals surface area contributed by atoms with Crippen LogP contribution in [0, 0.1) is 0 Å². The molecular weight excluding hydrogens is 284 g/mol. The Labute approximate surface area is 129 Å². The van der Waals surface area contributed by atoms with Crippen LogP contribution in [0.4, 0.5) is 5.69 Å². The minimum absolute atomic E-state index is 0.0911. The number of hydrogen-bond donors (Lipinski definition) is 2. The highest BCUT2D eigenvalue weighted by molar-refractivity contribution is 6.36. The van der Waals surface area contributed by atoms with E-state index >= 15 is 0 Å². The van der Waals surface area contributed by atoms with Crippen LogP contribution < -0.4 is 11.2 Å². The third-order valence-corrected chi connectivity index (χ3v) is 3.16. The summed E-state index contributed by atoms with van der Waals surface area (Å²) in [4.78, 5) is 15.5. The summed E-state index contributed by atoms with van der Waals surface area (Å²) in [5, 5.41) is 1.49. The highest BCUT2D eigenvalue weighted by Gasteiger charge is 2.10. The monoisotopic (exact) mass is 304 g/mol. The average Bonchev–Trinajstić information content (AvgIpc) is 2.55. The molecule has 0 saturated carbocycles. The zero-order valence-corrected chi connectivity index (χ0v) is 13.6. The van der Waals surface area contributed by atoms with E-state index in [9.17, 15) is 4.79 Å². The molecular formula is C17H21ClN2O. The topological polar surface area (TPSA) is 58.9 Å². The van der Waals surface area contributed by atoms with E-state index in [1.807, 2.05) is 45.9 Å². The molecule has 0 radical (unpaired) electrons. The van der Waals surface area contributed by atoms with Gasteiger partial charge in [-0.15, -0.1) is 0 Å². The van der Waals surface area contributed by atoms with Crippen LogP contribution in [0.15, 0.2) is 41.2 Å². The van der Waals surface area contributed by atoms with Crippen LogP contribution in [-0.4, -0.2) is 4.98 Å². The Hall–Kier alpha value is -2.00. The van der Waals surface area contributed by atoms with Gasteiger partial charge in [-0.3, -0.25) is 4.79 Å². The van der Waals surface area contributed by atoms with Gasteiger partial charge in [0.15, 0.2) is 5.43 Å². The third kappa shape index (κ3) is 3.19. The highest BCUT2D eigenvalue weighted by Crippen LogP contribution is 2.25. The molecule has 3 N–H and O–H groups in total. The van der Waals surface area contributed by atoms with Crippen LogP contribution in [-0.2, 0) is 0 Å². The Kier molecular flexibility index (Phi) is 6.25. The van der Waals surface area contributed by atoms with E-state index in [0.29, 0.717) is 27.0 Å². The van der Waals surface area contributed by atoms with Crippen molar-refractivity contribution in [1.29, 1.82) is 0 Å². The number of nitrogen functional groups attached to an aromatic ring is 1. The number of fused-ring (bicyclic) bond motifs is 2. The average molecular weight is 305 g/mol. The molecule has 0 amide bonds. The van der Waals surface area contributed by atoms with Gasteiger partial charge in [-0.25, -0.2) is 0 Å². The Balaban J connectivity index is 0.000000510. The van der Waals surface area contributed by atoms with Crippen LogP contribution in [0.1, 0.15) is 27.7 Å². The number of nitrogens with one attached hydrogen (secondary N) is 1. The molecule has 1 heterocycles. The standard InChI is InChI=1S/C13H9ClN2O.2C2H6/c14-8-5-6-9(15)12-11(8)13(17)7-3-1-2-4-10(7)16-12;2*1-2/h1-6H,15H2,(H,16,17);2*1-2H3. The second kappa shape index (κ2) is 7.70. The van der Waals surface area contributed by atoms with Gasteiger partial charge in [-0.2, -0.15) is 0 Å². The maximum absolute atomic E-state index is 12.3. The van der Waals surface area contributed by atoms with Crippen molar-refractivity contribution in [3.05, 3.63) is 51.6 Å². The van der Waals surface area contributed by atoms with Crippen molar-refractivity contribution in [1.82, 2.24) is 4.98 Å². The summed E-state index contributed by atoms with van der Waals surface area (Å²) in [5.41, 5.74) is 7.65. The smallest absolute Gasteiger partial charge is 0.198 e. The molecule has 3 nitrogen and oxygen atoms in total. The van der Waals surface area contributed by atoms with E-state index in [1.165, 1.54) is 0 Å². The maximum Gasteiger partial charge on any atom is 0.198 e. The van der Waals surface area contributed by atoms with Crippen molar-refractivity contribution < 1.29 is 0 Å². The fraction of sp³-hybridized carbons (Fsp3) is 0.235. The molecule has 3 aromatic rings. The molecule has 0 unspecified atom stereocenters. The van der Waals surface area contributed by atoms with Gasteiger partial charge >= 0.3 is 0 Å². The molecule has 0 bridgehead atoms. The molecule has 1 aromatic heterocycles. The number of halogens is 1. The number of aromatic nitrogens is 1. The minimum atomic E-state index is -0.0911. The number of anilines is 1. The first-order chi connectivity index (χ1) is 10.2. The second-order valence-corrected chi connectivity index (χ2v) is 4.29. The lowest BCUT2D eigenvalue weighted by Crippen LogP contribution is -2.06. The molecule has 2 aromatic carbocycles. The molecule has 0 fully saturated rings. The SMILES string of the molecule is CC.CC.Nc1ccc(Cl)c2c(=O)c3ccccc3[nH]c12. The maximum atomic E-state index is 12.3. The molecule has 0 aliphatic heterocycles. The van der Waals surface area contributed by atoms with Crippen molar-refractivity contribution in [2.45, 2.75) is 27.7 Å². The number of pyridine rings is 1. The lowest BCUT2D eigenvalue weighted by atomic mass is 10.1. The van der Waals surface area contributed by atoms with E-state index in [-0.39, 0.29) is 5.43 Å². The lowest BCUT2D eigenvalue weighted by molar-refractivity contribution is 1.48. The number of rotatable bonds is 0. The van der Waals surface area contributed by atoms with Gasteiger partial charge in [-0.05, 0) is 24.3 Å². The third-order valence-electron chi connectivity index (χ3n) is 2.85. The van der Waals surface area contributed by atoms with Gasteiger partial charge < -0.3 is 10.7 Å². The Morgan fingerprint density at radius 2 is 1.62 bits per heavy atom. The molecule has 0 atom stereocenters. The van der Waals surface area contributed by atoms with E-state index in [0.717, 1.165) is 5.52 Å². The number of aromatic amines is 1. The van der Waals surface area contributed by atoms with Crippen molar-refractivity contribution in [3.63, 3.8) is 0 Å². The zero-order valence-electron chi connectivity index (χ0n) is 12.8. The number of para-hydroxylation sites is 1. The van der Waals surface area contributed by atoms with Crippen LogP contribution in [0.25, 0.3) is 21.8 Å². The number of hydrogen-bond acceptors (Lipinski definition) is 2. The molecule has 112 valence electrons. The summed E-state index contributed by atoms with van der Waals surface area (Å²) in [5.74, 6) is 0. The van der Waals surface area contributed by atoms with Crippen molar-refractivity contribution >= 4 is 39.1 Å². The summed E-state index contributed by atoms with van der Waals surface area (Å²) >= 11 is 6.06. The molecule has 0 spiro atoms. The van der Waals surface area contributed by atoms with E-state index in [2.05, 4.69) is 4.98 Å². The largest absolute Gasteiger partial charge is 0.397 e. The van der Waals surface area contributed by atoms with Gasteiger partial charge in [0, 0.05) is 10.9 Å². The van der Waals surface area contributed by atoms with E-state index in [1.54, 1.807) is 18.2 Å². The molecule has 0 aliphatic carbocycles. The van der Waals surface area contributed by atoms with Crippen LogP contribution in [0.3, 0.4) is 0 Å². The quantitative estimate of drug-likeness (QED) is 0.455. The molecule has 3 rings (SSSR count). The molecule has 0 saturated heterocycles. The minimum Gasteiger partial charge on any atom is -0.397 e. The predicted octanol–water partition coefficient (Wildman–Crippen LogP) is 4.97. The van der Waals surface area contributed by atoms with Crippen LogP contribution in [0.2, 0.25) is 5.02 Å². The lowest BCUT2D eigenvalue weighted by Gasteiger charge is -2.06. The molecule has 0 aliphatic rings. The van der Waals surface area contributed by atoms with Crippen molar-refractivity contribution in [2.24, 2.45) is 0 Å². The van der Waals surface area contributed by atoms with Crippen molar-refractivity contribution in [2.75, 3.05) is 5.73 Å². The zero-order chi connectivity index (χ0) is 16.0. The van der Waals surface area contributed by atoms with Gasteiger partial charge in [0.2, 0.25) is 0 Å². The van der Waals surface area contributed by atoms with Crippen LogP contribution >= 0.6 is 11.6 Å².